The number of hydrogen-bond donors (Lipinski definition) is 2. The lowest BCUT2D eigenvalue weighted by atomic mass is 10.0. The van der Waals surface area contributed by atoms with Gasteiger partial charge in [-0.25, -0.2) is 0 Å². The highest BCUT2D eigenvalue weighted by Crippen LogP contribution is 2.18. The number of thiocarbonyl (C=S) groups is 1. The van der Waals surface area contributed by atoms with Gasteiger partial charge in [-0.15, -0.1) is 0 Å². The predicted molar refractivity (Wildman–Crippen MR) is 98.1 cm³/mol. The van der Waals surface area contributed by atoms with Crippen molar-refractivity contribution < 1.29 is 0 Å². The van der Waals surface area contributed by atoms with Crippen LogP contribution in [0.1, 0.15) is 40.8 Å². The molecule has 0 aromatic heterocycles. The summed E-state index contributed by atoms with van der Waals surface area (Å²) in [7, 11) is 0. The summed E-state index contributed by atoms with van der Waals surface area (Å²) in [5.74, 6) is 0. The molecule has 3 heteroatoms. The second-order valence-corrected chi connectivity index (χ2v) is 6.30. The Morgan fingerprint density at radius 3 is 2.27 bits per heavy atom. The van der Waals surface area contributed by atoms with Crippen LogP contribution in [0.2, 0.25) is 0 Å². The smallest absolute Gasteiger partial charge is 0.167 e. The number of rotatable bonds is 4. The third-order valence-corrected chi connectivity index (χ3v) is 4.08. The fourth-order valence-corrected chi connectivity index (χ4v) is 2.77. The maximum Gasteiger partial charge on any atom is 0.167 e. The molecule has 2 rings (SSSR count). The standard InChI is InChI=1S/C19H24N2S/c1-13-5-8-17(9-6-13)12-20-19(22)21-16(4)18-10-7-14(2)11-15(18)3/h5-11,16H,12H2,1-4H3,(H2,20,21,22). The van der Waals surface area contributed by atoms with E-state index in [2.05, 4.69) is 80.8 Å². The van der Waals surface area contributed by atoms with Gasteiger partial charge < -0.3 is 10.6 Å². The first-order chi connectivity index (χ1) is 10.5. The van der Waals surface area contributed by atoms with Crippen LogP contribution >= 0.6 is 12.2 Å². The Kier molecular flexibility index (Phi) is 5.56. The molecule has 2 aromatic carbocycles. The van der Waals surface area contributed by atoms with Crippen molar-refractivity contribution in [2.45, 2.75) is 40.3 Å². The molecule has 0 aliphatic carbocycles. The highest BCUT2D eigenvalue weighted by atomic mass is 32.1. The molecule has 0 aliphatic rings. The topological polar surface area (TPSA) is 24.1 Å². The van der Waals surface area contributed by atoms with Gasteiger partial charge >= 0.3 is 0 Å². The molecule has 22 heavy (non-hydrogen) atoms. The summed E-state index contributed by atoms with van der Waals surface area (Å²) < 4.78 is 0. The first-order valence-corrected chi connectivity index (χ1v) is 8.03. The van der Waals surface area contributed by atoms with Crippen LogP contribution in [0.15, 0.2) is 42.5 Å². The lowest BCUT2D eigenvalue weighted by Gasteiger charge is -2.19. The van der Waals surface area contributed by atoms with E-state index < -0.39 is 0 Å². The molecule has 0 fully saturated rings. The molecule has 0 bridgehead atoms. The van der Waals surface area contributed by atoms with Gasteiger partial charge in [-0.1, -0.05) is 53.6 Å². The molecule has 0 heterocycles. The lowest BCUT2D eigenvalue weighted by Crippen LogP contribution is -2.36. The van der Waals surface area contributed by atoms with Gasteiger partial charge in [0.25, 0.3) is 0 Å². The average molecular weight is 312 g/mol. The maximum atomic E-state index is 5.40. The number of hydrogen-bond acceptors (Lipinski definition) is 1. The number of nitrogens with one attached hydrogen (secondary N) is 2. The van der Waals surface area contributed by atoms with E-state index >= 15 is 0 Å². The van der Waals surface area contributed by atoms with Crippen LogP contribution in [0.25, 0.3) is 0 Å². The molecule has 1 atom stereocenters. The molecule has 2 aromatic rings. The Bertz CT molecular complexity index is 647. The van der Waals surface area contributed by atoms with Crippen LogP contribution in [-0.4, -0.2) is 5.11 Å². The van der Waals surface area contributed by atoms with E-state index in [0.717, 1.165) is 6.54 Å². The van der Waals surface area contributed by atoms with Gasteiger partial charge in [0.1, 0.15) is 0 Å². The summed E-state index contributed by atoms with van der Waals surface area (Å²) >= 11 is 5.40. The molecule has 1 unspecified atom stereocenters. The van der Waals surface area contributed by atoms with Gasteiger partial charge in [-0.05, 0) is 56.6 Å². The first kappa shape index (κ1) is 16.5. The number of benzene rings is 2. The minimum Gasteiger partial charge on any atom is -0.359 e. The Labute approximate surface area is 139 Å². The third kappa shape index (κ3) is 4.57. The van der Waals surface area contributed by atoms with Gasteiger partial charge in [0.2, 0.25) is 0 Å². The van der Waals surface area contributed by atoms with E-state index in [1.807, 2.05) is 0 Å². The van der Waals surface area contributed by atoms with Crippen LogP contribution in [0.3, 0.4) is 0 Å². The zero-order valence-electron chi connectivity index (χ0n) is 13.7. The zero-order chi connectivity index (χ0) is 16.1. The van der Waals surface area contributed by atoms with Crippen molar-refractivity contribution in [1.29, 1.82) is 0 Å². The fourth-order valence-electron chi connectivity index (χ4n) is 2.53. The summed E-state index contributed by atoms with van der Waals surface area (Å²) in [5.41, 5.74) is 6.36. The predicted octanol–water partition coefficient (Wildman–Crippen LogP) is 4.34. The van der Waals surface area contributed by atoms with Crippen molar-refractivity contribution in [2.75, 3.05) is 0 Å². The summed E-state index contributed by atoms with van der Waals surface area (Å²) in [5, 5.41) is 7.32. The Balaban J connectivity index is 1.89. The van der Waals surface area contributed by atoms with E-state index in [4.69, 9.17) is 12.2 Å². The van der Waals surface area contributed by atoms with Crippen LogP contribution in [0.5, 0.6) is 0 Å². The van der Waals surface area contributed by atoms with Crippen molar-refractivity contribution in [1.82, 2.24) is 10.6 Å². The van der Waals surface area contributed by atoms with Crippen LogP contribution in [0, 0.1) is 20.8 Å². The van der Waals surface area contributed by atoms with Gasteiger partial charge in [-0.2, -0.15) is 0 Å². The highest BCUT2D eigenvalue weighted by Gasteiger charge is 2.09. The molecule has 0 amide bonds. The average Bonchev–Trinajstić information content (AvgIpc) is 2.46. The molecule has 0 radical (unpaired) electrons. The van der Waals surface area contributed by atoms with Gasteiger partial charge in [0.05, 0.1) is 6.04 Å². The Morgan fingerprint density at radius 2 is 1.64 bits per heavy atom. The lowest BCUT2D eigenvalue weighted by molar-refractivity contribution is 0.693. The molecule has 0 saturated carbocycles. The second-order valence-electron chi connectivity index (χ2n) is 5.89. The maximum absolute atomic E-state index is 5.40. The van der Waals surface area contributed by atoms with Crippen LogP contribution in [0.4, 0.5) is 0 Å². The second kappa shape index (κ2) is 7.41. The van der Waals surface area contributed by atoms with E-state index in [1.165, 1.54) is 27.8 Å². The summed E-state index contributed by atoms with van der Waals surface area (Å²) in [6.07, 6.45) is 0. The van der Waals surface area contributed by atoms with Crippen molar-refractivity contribution in [3.8, 4) is 0 Å². The third-order valence-electron chi connectivity index (χ3n) is 3.81. The van der Waals surface area contributed by atoms with Crippen LogP contribution < -0.4 is 10.6 Å². The van der Waals surface area contributed by atoms with E-state index in [9.17, 15) is 0 Å². The van der Waals surface area contributed by atoms with Gasteiger partial charge in [-0.3, -0.25) is 0 Å². The molecular formula is C19H24N2S. The minimum absolute atomic E-state index is 0.193. The van der Waals surface area contributed by atoms with Crippen LogP contribution in [-0.2, 0) is 6.54 Å². The van der Waals surface area contributed by atoms with E-state index in [-0.39, 0.29) is 6.04 Å². The monoisotopic (exact) mass is 312 g/mol. The van der Waals surface area contributed by atoms with E-state index in [1.54, 1.807) is 0 Å². The van der Waals surface area contributed by atoms with Crippen molar-refractivity contribution >= 4 is 17.3 Å². The van der Waals surface area contributed by atoms with Crippen molar-refractivity contribution in [3.63, 3.8) is 0 Å². The molecular weight excluding hydrogens is 288 g/mol. The quantitative estimate of drug-likeness (QED) is 0.821. The first-order valence-electron chi connectivity index (χ1n) is 7.63. The largest absolute Gasteiger partial charge is 0.359 e. The Hall–Kier alpha value is -1.87. The molecule has 0 aliphatic heterocycles. The molecule has 2 N–H and O–H groups in total. The van der Waals surface area contributed by atoms with Gasteiger partial charge in [0, 0.05) is 6.54 Å². The van der Waals surface area contributed by atoms with Crippen molar-refractivity contribution in [3.05, 3.63) is 70.3 Å². The molecule has 0 spiro atoms. The zero-order valence-corrected chi connectivity index (χ0v) is 14.6. The minimum atomic E-state index is 0.193. The van der Waals surface area contributed by atoms with E-state index in [0.29, 0.717) is 5.11 Å². The Morgan fingerprint density at radius 1 is 1.00 bits per heavy atom. The number of aryl methyl sites for hydroxylation is 3. The molecule has 0 saturated heterocycles. The molecule has 2 nitrogen and oxygen atoms in total. The summed E-state index contributed by atoms with van der Waals surface area (Å²) in [4.78, 5) is 0. The fraction of sp³-hybridized carbons (Fsp3) is 0.316. The SMILES string of the molecule is Cc1ccc(CNC(=S)NC(C)c2ccc(C)cc2C)cc1. The van der Waals surface area contributed by atoms with Crippen molar-refractivity contribution in [2.24, 2.45) is 0 Å². The molecule has 116 valence electrons. The summed E-state index contributed by atoms with van der Waals surface area (Å²) in [6, 6.07) is 15.2. The summed E-state index contributed by atoms with van der Waals surface area (Å²) in [6.45, 7) is 9.23. The van der Waals surface area contributed by atoms with Gasteiger partial charge in [0.15, 0.2) is 5.11 Å². The highest BCUT2D eigenvalue weighted by molar-refractivity contribution is 7.80. The normalized spacial score (nSPS) is 11.8.